The first-order valence-corrected chi connectivity index (χ1v) is 11.9. The molecule has 0 spiro atoms. The van der Waals surface area contributed by atoms with Crippen LogP contribution in [0.25, 0.3) is 0 Å². The first-order valence-electron chi connectivity index (χ1n) is 10.5. The minimum Gasteiger partial charge on any atom is -0.365 e. The second-order valence-electron chi connectivity index (χ2n) is 8.28. The molecule has 0 bridgehead atoms. The number of aryl methyl sites for hydroxylation is 1. The highest BCUT2D eigenvalue weighted by Crippen LogP contribution is 2.26. The van der Waals surface area contributed by atoms with Crippen molar-refractivity contribution < 1.29 is 13.2 Å². The number of H-pyrrole nitrogens is 1. The monoisotopic (exact) mass is 431 g/mol. The first-order chi connectivity index (χ1) is 14.4. The van der Waals surface area contributed by atoms with Gasteiger partial charge in [-0.05, 0) is 44.4 Å². The van der Waals surface area contributed by atoms with Crippen molar-refractivity contribution in [2.75, 3.05) is 37.6 Å². The van der Waals surface area contributed by atoms with E-state index in [4.69, 9.17) is 0 Å². The van der Waals surface area contributed by atoms with Crippen LogP contribution in [-0.2, 0) is 14.8 Å². The maximum absolute atomic E-state index is 13.2. The summed E-state index contributed by atoms with van der Waals surface area (Å²) in [5.74, 6) is -0.232. The van der Waals surface area contributed by atoms with Crippen molar-refractivity contribution in [3.8, 4) is 0 Å². The molecule has 3 heterocycles. The van der Waals surface area contributed by atoms with Crippen molar-refractivity contribution in [1.29, 1.82) is 0 Å². The van der Waals surface area contributed by atoms with E-state index in [1.165, 1.54) is 28.1 Å². The smallest absolute Gasteiger partial charge is 0.260 e. The molecule has 1 N–H and O–H groups in total. The van der Waals surface area contributed by atoms with Crippen LogP contribution < -0.4 is 4.90 Å². The van der Waals surface area contributed by atoms with Gasteiger partial charge in [-0.3, -0.25) is 4.79 Å². The lowest BCUT2D eigenvalue weighted by Gasteiger charge is -2.43. The number of piperazine rings is 1. The lowest BCUT2D eigenvalue weighted by atomic mass is 9.97. The van der Waals surface area contributed by atoms with Crippen LogP contribution in [0.15, 0.2) is 41.8 Å². The minimum absolute atomic E-state index is 0.0650. The van der Waals surface area contributed by atoms with Gasteiger partial charge >= 0.3 is 0 Å². The quantitative estimate of drug-likeness (QED) is 0.798. The number of aromatic amines is 1. The molecule has 30 heavy (non-hydrogen) atoms. The Balaban J connectivity index is 1.41. The number of carbonyl (C=O) groups excluding carboxylic acids is 1. The normalized spacial score (nSPS) is 23.5. The van der Waals surface area contributed by atoms with E-state index in [9.17, 15) is 13.2 Å². The predicted molar refractivity (Wildman–Crippen MR) is 115 cm³/mol. The Morgan fingerprint density at radius 2 is 2.03 bits per heavy atom. The molecule has 1 aromatic heterocycles. The van der Waals surface area contributed by atoms with Gasteiger partial charge in [0.15, 0.2) is 5.03 Å². The highest BCUT2D eigenvalue weighted by molar-refractivity contribution is 7.89. The number of nitrogens with one attached hydrogen (secondary N) is 1. The fourth-order valence-corrected chi connectivity index (χ4v) is 5.91. The molecule has 0 radical (unpaired) electrons. The number of rotatable bonds is 4. The number of hydrogen-bond acceptors (Lipinski definition) is 5. The number of nitrogens with zero attached hydrogens (tertiary/aromatic N) is 4. The van der Waals surface area contributed by atoms with Gasteiger partial charge in [-0.15, -0.1) is 0 Å². The number of anilines is 1. The van der Waals surface area contributed by atoms with Gasteiger partial charge in [0.25, 0.3) is 10.0 Å². The molecule has 9 heteroatoms. The van der Waals surface area contributed by atoms with Crippen molar-refractivity contribution in [2.45, 2.75) is 37.8 Å². The summed E-state index contributed by atoms with van der Waals surface area (Å²) < 4.78 is 27.0. The molecule has 0 saturated carbocycles. The number of hydrogen-bond donors (Lipinski definition) is 1. The summed E-state index contributed by atoms with van der Waals surface area (Å²) in [7, 11) is -3.64. The van der Waals surface area contributed by atoms with E-state index in [-0.39, 0.29) is 29.4 Å². The number of benzene rings is 1. The van der Waals surface area contributed by atoms with E-state index in [0.717, 1.165) is 13.0 Å². The number of amides is 1. The summed E-state index contributed by atoms with van der Waals surface area (Å²) >= 11 is 0. The molecular weight excluding hydrogens is 402 g/mol. The van der Waals surface area contributed by atoms with E-state index in [2.05, 4.69) is 53.0 Å². The van der Waals surface area contributed by atoms with Crippen LogP contribution in [-0.4, -0.2) is 72.3 Å². The summed E-state index contributed by atoms with van der Waals surface area (Å²) in [4.78, 5) is 24.0. The van der Waals surface area contributed by atoms with Crippen LogP contribution in [0.1, 0.15) is 25.3 Å². The first kappa shape index (κ1) is 20.9. The SMILES string of the molecule is Cc1cccc(N2CCN(C(=O)[C@H]3CCCN(S(=O)(=O)c4cnc[nH]4)C3)C[C@@H]2C)c1. The number of sulfonamides is 1. The third-order valence-corrected chi connectivity index (χ3v) is 7.89. The lowest BCUT2D eigenvalue weighted by molar-refractivity contribution is -0.137. The number of carbonyl (C=O) groups is 1. The third-order valence-electron chi connectivity index (χ3n) is 6.10. The molecule has 2 atom stereocenters. The van der Waals surface area contributed by atoms with Crippen LogP contribution in [0.4, 0.5) is 5.69 Å². The Bertz CT molecular complexity index is 992. The fraction of sp³-hybridized carbons (Fsp3) is 0.524. The van der Waals surface area contributed by atoms with Crippen molar-refractivity contribution in [2.24, 2.45) is 5.92 Å². The van der Waals surface area contributed by atoms with Crippen LogP contribution in [0.2, 0.25) is 0 Å². The van der Waals surface area contributed by atoms with Crippen molar-refractivity contribution >= 4 is 21.6 Å². The number of piperidine rings is 1. The van der Waals surface area contributed by atoms with Crippen LogP contribution in [0.3, 0.4) is 0 Å². The molecule has 0 unspecified atom stereocenters. The van der Waals surface area contributed by atoms with Crippen LogP contribution >= 0.6 is 0 Å². The Morgan fingerprint density at radius 1 is 1.20 bits per heavy atom. The molecule has 8 nitrogen and oxygen atoms in total. The van der Waals surface area contributed by atoms with Gasteiger partial charge in [-0.1, -0.05) is 12.1 Å². The van der Waals surface area contributed by atoms with Gasteiger partial charge in [-0.2, -0.15) is 4.31 Å². The van der Waals surface area contributed by atoms with Gasteiger partial charge in [0.2, 0.25) is 5.91 Å². The topological polar surface area (TPSA) is 89.6 Å². The summed E-state index contributed by atoms with van der Waals surface area (Å²) in [5, 5.41) is 0.0796. The van der Waals surface area contributed by atoms with E-state index in [0.29, 0.717) is 26.1 Å². The zero-order chi connectivity index (χ0) is 21.3. The maximum atomic E-state index is 13.2. The zero-order valence-corrected chi connectivity index (χ0v) is 18.3. The van der Waals surface area contributed by atoms with Gasteiger partial charge < -0.3 is 14.8 Å². The Hall–Kier alpha value is -2.39. The Morgan fingerprint density at radius 3 is 2.73 bits per heavy atom. The zero-order valence-electron chi connectivity index (χ0n) is 17.5. The molecule has 2 aliphatic heterocycles. The van der Waals surface area contributed by atoms with Crippen molar-refractivity contribution in [3.63, 3.8) is 0 Å². The minimum atomic E-state index is -3.64. The van der Waals surface area contributed by atoms with Gasteiger partial charge in [-0.25, -0.2) is 13.4 Å². The summed E-state index contributed by atoms with van der Waals surface area (Å²) in [6.07, 6.45) is 4.07. The summed E-state index contributed by atoms with van der Waals surface area (Å²) in [6.45, 7) is 6.96. The second kappa shape index (κ2) is 8.39. The highest BCUT2D eigenvalue weighted by Gasteiger charge is 2.37. The van der Waals surface area contributed by atoms with E-state index in [1.54, 1.807) is 0 Å². The van der Waals surface area contributed by atoms with E-state index < -0.39 is 10.0 Å². The van der Waals surface area contributed by atoms with Crippen LogP contribution in [0, 0.1) is 12.8 Å². The van der Waals surface area contributed by atoms with Crippen molar-refractivity contribution in [3.05, 3.63) is 42.4 Å². The molecule has 2 fully saturated rings. The lowest BCUT2D eigenvalue weighted by Crippen LogP contribution is -2.56. The molecular formula is C21H29N5O3S. The van der Waals surface area contributed by atoms with E-state index >= 15 is 0 Å². The van der Waals surface area contributed by atoms with Crippen LogP contribution in [0.5, 0.6) is 0 Å². The van der Waals surface area contributed by atoms with Gasteiger partial charge in [0.05, 0.1) is 18.4 Å². The summed E-state index contributed by atoms with van der Waals surface area (Å²) in [6, 6.07) is 8.64. The number of imidazole rings is 1. The second-order valence-corrected chi connectivity index (χ2v) is 10.2. The number of aromatic nitrogens is 2. The maximum Gasteiger partial charge on any atom is 0.260 e. The fourth-order valence-electron chi connectivity index (χ4n) is 4.49. The Kier molecular flexibility index (Phi) is 5.84. The molecule has 2 aromatic rings. The third kappa shape index (κ3) is 4.09. The van der Waals surface area contributed by atoms with Gasteiger partial charge in [0, 0.05) is 44.5 Å². The average molecular weight is 432 g/mol. The standard InChI is InChI=1S/C21H29N5O3S/c1-16-5-3-7-19(11-16)26-10-9-24(13-17(26)2)21(27)18-6-4-8-25(14-18)30(28,29)20-12-22-15-23-20/h3,5,7,11-12,15,17-18H,4,6,8-10,13-14H2,1-2H3,(H,22,23)/t17-,18-/m0/s1. The average Bonchev–Trinajstić information content (AvgIpc) is 3.29. The molecule has 2 saturated heterocycles. The molecule has 2 aliphatic rings. The molecule has 4 rings (SSSR count). The molecule has 1 amide bonds. The van der Waals surface area contributed by atoms with E-state index in [1.807, 2.05) is 4.90 Å². The van der Waals surface area contributed by atoms with Crippen molar-refractivity contribution in [1.82, 2.24) is 19.2 Å². The molecule has 162 valence electrons. The summed E-state index contributed by atoms with van der Waals surface area (Å²) in [5.41, 5.74) is 2.41. The largest absolute Gasteiger partial charge is 0.365 e. The Labute approximate surface area is 177 Å². The molecule has 1 aromatic carbocycles. The molecule has 0 aliphatic carbocycles. The highest BCUT2D eigenvalue weighted by atomic mass is 32.2. The van der Waals surface area contributed by atoms with Gasteiger partial charge in [0.1, 0.15) is 0 Å². The predicted octanol–water partition coefficient (Wildman–Crippen LogP) is 1.86.